The standard InChI is InChI=1S/C18H29NO3/c1-12(2)16-7-6-14(4)17(9-16)22-11-18(21)19-10-13(3)8-15(5)20/h6-7,9,12-13,15,20H,8,10-11H2,1-5H3,(H,19,21). The summed E-state index contributed by atoms with van der Waals surface area (Å²) < 4.78 is 5.64. The molecule has 0 saturated heterocycles. The summed E-state index contributed by atoms with van der Waals surface area (Å²) in [4.78, 5) is 11.8. The Balaban J connectivity index is 2.45. The highest BCUT2D eigenvalue weighted by molar-refractivity contribution is 5.77. The summed E-state index contributed by atoms with van der Waals surface area (Å²) in [6.45, 7) is 10.6. The number of amides is 1. The first-order valence-corrected chi connectivity index (χ1v) is 7.97. The molecule has 0 bridgehead atoms. The zero-order valence-corrected chi connectivity index (χ0v) is 14.3. The molecule has 2 unspecified atom stereocenters. The van der Waals surface area contributed by atoms with Crippen LogP contribution < -0.4 is 10.1 Å². The maximum absolute atomic E-state index is 11.8. The van der Waals surface area contributed by atoms with Gasteiger partial charge in [0.15, 0.2) is 6.61 Å². The Labute approximate surface area is 133 Å². The number of nitrogens with one attached hydrogen (secondary N) is 1. The Bertz CT molecular complexity index is 483. The number of hydrogen-bond acceptors (Lipinski definition) is 3. The molecule has 1 aromatic rings. The highest BCUT2D eigenvalue weighted by Gasteiger charge is 2.10. The van der Waals surface area contributed by atoms with Gasteiger partial charge in [-0.1, -0.05) is 32.9 Å². The molecular weight excluding hydrogens is 278 g/mol. The van der Waals surface area contributed by atoms with Crippen molar-refractivity contribution in [2.24, 2.45) is 5.92 Å². The summed E-state index contributed by atoms with van der Waals surface area (Å²) in [5.41, 5.74) is 2.23. The van der Waals surface area contributed by atoms with Crippen LogP contribution in [0.2, 0.25) is 0 Å². The molecule has 0 aliphatic rings. The van der Waals surface area contributed by atoms with Gasteiger partial charge in [0, 0.05) is 6.54 Å². The van der Waals surface area contributed by atoms with E-state index in [0.717, 1.165) is 11.3 Å². The molecule has 124 valence electrons. The lowest BCUT2D eigenvalue weighted by molar-refractivity contribution is -0.123. The fourth-order valence-electron chi connectivity index (χ4n) is 2.28. The predicted molar refractivity (Wildman–Crippen MR) is 89.2 cm³/mol. The van der Waals surface area contributed by atoms with E-state index >= 15 is 0 Å². The molecule has 1 aromatic carbocycles. The Morgan fingerprint density at radius 1 is 1.27 bits per heavy atom. The largest absolute Gasteiger partial charge is 0.483 e. The molecule has 0 fully saturated rings. The normalized spacial score (nSPS) is 13.8. The third kappa shape index (κ3) is 6.48. The smallest absolute Gasteiger partial charge is 0.257 e. The van der Waals surface area contributed by atoms with Crippen LogP contribution in [0.4, 0.5) is 0 Å². The van der Waals surface area contributed by atoms with Crippen molar-refractivity contribution in [2.45, 2.75) is 53.1 Å². The van der Waals surface area contributed by atoms with Crippen LogP contribution in [0.5, 0.6) is 5.75 Å². The van der Waals surface area contributed by atoms with Crippen molar-refractivity contribution in [3.63, 3.8) is 0 Å². The van der Waals surface area contributed by atoms with Gasteiger partial charge in [0.1, 0.15) is 5.75 Å². The van der Waals surface area contributed by atoms with Crippen molar-refractivity contribution in [3.05, 3.63) is 29.3 Å². The quantitative estimate of drug-likeness (QED) is 0.776. The van der Waals surface area contributed by atoms with E-state index in [1.165, 1.54) is 5.56 Å². The van der Waals surface area contributed by atoms with E-state index in [4.69, 9.17) is 4.74 Å². The number of aryl methyl sites for hydroxylation is 1. The van der Waals surface area contributed by atoms with Crippen LogP contribution in [0.15, 0.2) is 18.2 Å². The number of carbonyl (C=O) groups is 1. The number of aliphatic hydroxyl groups excluding tert-OH is 1. The maximum Gasteiger partial charge on any atom is 0.257 e. The van der Waals surface area contributed by atoms with Gasteiger partial charge in [-0.05, 0) is 49.3 Å². The summed E-state index contributed by atoms with van der Waals surface area (Å²) in [6.07, 6.45) is 0.334. The van der Waals surface area contributed by atoms with Gasteiger partial charge in [-0.2, -0.15) is 0 Å². The second kappa shape index (κ2) is 8.79. The van der Waals surface area contributed by atoms with E-state index in [9.17, 15) is 9.90 Å². The SMILES string of the molecule is Cc1ccc(C(C)C)cc1OCC(=O)NCC(C)CC(C)O. The second-order valence-corrected chi connectivity index (χ2v) is 6.46. The van der Waals surface area contributed by atoms with E-state index in [1.807, 2.05) is 26.0 Å². The Morgan fingerprint density at radius 2 is 1.95 bits per heavy atom. The summed E-state index contributed by atoms with van der Waals surface area (Å²) in [5, 5.41) is 12.1. The molecule has 2 N–H and O–H groups in total. The minimum Gasteiger partial charge on any atom is -0.483 e. The summed E-state index contributed by atoms with van der Waals surface area (Å²) in [7, 11) is 0. The van der Waals surface area contributed by atoms with E-state index < -0.39 is 0 Å². The molecule has 22 heavy (non-hydrogen) atoms. The van der Waals surface area contributed by atoms with Crippen molar-refractivity contribution in [3.8, 4) is 5.75 Å². The van der Waals surface area contributed by atoms with Crippen LogP contribution in [0.25, 0.3) is 0 Å². The third-order valence-electron chi connectivity index (χ3n) is 3.63. The van der Waals surface area contributed by atoms with Crippen molar-refractivity contribution in [2.75, 3.05) is 13.2 Å². The van der Waals surface area contributed by atoms with Gasteiger partial charge < -0.3 is 15.2 Å². The van der Waals surface area contributed by atoms with Gasteiger partial charge >= 0.3 is 0 Å². The minimum absolute atomic E-state index is 0.0176. The second-order valence-electron chi connectivity index (χ2n) is 6.46. The Morgan fingerprint density at radius 3 is 2.55 bits per heavy atom. The molecule has 0 heterocycles. The third-order valence-corrected chi connectivity index (χ3v) is 3.63. The number of ether oxygens (including phenoxy) is 1. The van der Waals surface area contributed by atoms with Crippen molar-refractivity contribution >= 4 is 5.91 Å². The lowest BCUT2D eigenvalue weighted by atomic mass is 10.0. The van der Waals surface area contributed by atoms with Gasteiger partial charge in [-0.25, -0.2) is 0 Å². The average Bonchev–Trinajstić information content (AvgIpc) is 2.43. The van der Waals surface area contributed by atoms with Crippen molar-refractivity contribution < 1.29 is 14.6 Å². The van der Waals surface area contributed by atoms with Gasteiger partial charge in [-0.3, -0.25) is 4.79 Å². The first kappa shape index (κ1) is 18.5. The molecule has 0 aliphatic carbocycles. The average molecular weight is 307 g/mol. The van der Waals surface area contributed by atoms with E-state index in [-0.39, 0.29) is 24.5 Å². The van der Waals surface area contributed by atoms with Gasteiger partial charge in [-0.15, -0.1) is 0 Å². The van der Waals surface area contributed by atoms with Gasteiger partial charge in [0.2, 0.25) is 0 Å². The Kier molecular flexibility index (Phi) is 7.39. The summed E-state index contributed by atoms with van der Waals surface area (Å²) in [5.74, 6) is 1.30. The number of aliphatic hydroxyl groups is 1. The zero-order chi connectivity index (χ0) is 16.7. The van der Waals surface area contributed by atoms with Gasteiger partial charge in [0.05, 0.1) is 6.10 Å². The monoisotopic (exact) mass is 307 g/mol. The lowest BCUT2D eigenvalue weighted by Crippen LogP contribution is -2.33. The molecule has 0 radical (unpaired) electrons. The van der Waals surface area contributed by atoms with Gasteiger partial charge in [0.25, 0.3) is 5.91 Å². The molecule has 0 spiro atoms. The molecule has 4 nitrogen and oxygen atoms in total. The van der Waals surface area contributed by atoms with E-state index in [2.05, 4.69) is 25.2 Å². The minimum atomic E-state index is -0.343. The zero-order valence-electron chi connectivity index (χ0n) is 14.3. The molecule has 0 saturated carbocycles. The van der Waals surface area contributed by atoms with Crippen molar-refractivity contribution in [1.82, 2.24) is 5.32 Å². The Hall–Kier alpha value is -1.55. The molecule has 0 aromatic heterocycles. The molecule has 0 aliphatic heterocycles. The van der Waals surface area contributed by atoms with E-state index in [0.29, 0.717) is 18.9 Å². The topological polar surface area (TPSA) is 58.6 Å². The molecule has 1 amide bonds. The predicted octanol–water partition coefficient (Wildman–Crippen LogP) is 3.02. The summed E-state index contributed by atoms with van der Waals surface area (Å²) >= 11 is 0. The highest BCUT2D eigenvalue weighted by atomic mass is 16.5. The van der Waals surface area contributed by atoms with Crippen LogP contribution in [0.1, 0.15) is 51.2 Å². The maximum atomic E-state index is 11.8. The van der Waals surface area contributed by atoms with Crippen LogP contribution in [0.3, 0.4) is 0 Å². The van der Waals surface area contributed by atoms with E-state index in [1.54, 1.807) is 6.92 Å². The first-order chi connectivity index (χ1) is 10.3. The molecular formula is C18H29NO3. The number of benzene rings is 1. The van der Waals surface area contributed by atoms with Crippen LogP contribution >= 0.6 is 0 Å². The highest BCUT2D eigenvalue weighted by Crippen LogP contribution is 2.24. The first-order valence-electron chi connectivity index (χ1n) is 7.97. The lowest BCUT2D eigenvalue weighted by Gasteiger charge is -2.15. The molecule has 2 atom stereocenters. The van der Waals surface area contributed by atoms with Crippen LogP contribution in [0, 0.1) is 12.8 Å². The fraction of sp³-hybridized carbons (Fsp3) is 0.611. The molecule has 4 heteroatoms. The summed E-state index contributed by atoms with van der Waals surface area (Å²) in [6, 6.07) is 6.11. The number of rotatable bonds is 8. The molecule has 1 rings (SSSR count). The number of carbonyl (C=O) groups excluding carboxylic acids is 1. The van der Waals surface area contributed by atoms with Crippen molar-refractivity contribution in [1.29, 1.82) is 0 Å². The van der Waals surface area contributed by atoms with Crippen LogP contribution in [-0.4, -0.2) is 30.3 Å². The number of hydrogen-bond donors (Lipinski definition) is 2. The van der Waals surface area contributed by atoms with Crippen LogP contribution in [-0.2, 0) is 4.79 Å². The fourth-order valence-corrected chi connectivity index (χ4v) is 2.28.